The molecule has 1 saturated heterocycles. The quantitative estimate of drug-likeness (QED) is 0.147. The minimum Gasteiger partial charge on any atom is -0.309 e. The molecule has 10 aromatic rings. The highest BCUT2D eigenvalue weighted by molar-refractivity contribution is 6.27. The van der Waals surface area contributed by atoms with Crippen molar-refractivity contribution in [1.29, 1.82) is 0 Å². The minimum absolute atomic E-state index is 0.0437. The van der Waals surface area contributed by atoms with Gasteiger partial charge in [-0.15, -0.1) is 0 Å². The van der Waals surface area contributed by atoms with Gasteiger partial charge in [0, 0.05) is 28.4 Å². The van der Waals surface area contributed by atoms with E-state index in [-0.39, 0.29) is 12.3 Å². The molecule has 9 aromatic carbocycles. The van der Waals surface area contributed by atoms with Crippen LogP contribution in [0.2, 0.25) is 0 Å². The fourth-order valence-electron chi connectivity index (χ4n) is 10.8. The fraction of sp³-hybridized carbons (Fsp3) is 0.0877. The van der Waals surface area contributed by atoms with Gasteiger partial charge in [-0.05, 0) is 80.7 Å². The molecule has 1 aliphatic heterocycles. The third-order valence-electron chi connectivity index (χ3n) is 13.3. The Morgan fingerprint density at radius 1 is 0.541 bits per heavy atom. The van der Waals surface area contributed by atoms with Crippen LogP contribution in [-0.2, 0) is 12.0 Å². The van der Waals surface area contributed by atoms with Gasteiger partial charge < -0.3 is 4.57 Å². The molecule has 4 nitrogen and oxygen atoms in total. The van der Waals surface area contributed by atoms with Crippen LogP contribution in [0.25, 0.3) is 49.4 Å². The zero-order valence-electron chi connectivity index (χ0n) is 34.0. The molecule has 2 heterocycles. The number of para-hydroxylation sites is 1. The Labute approximate surface area is 356 Å². The van der Waals surface area contributed by atoms with E-state index in [0.29, 0.717) is 0 Å². The molecule has 2 aliphatic rings. The first kappa shape index (κ1) is 35.8. The standard InChI is InChI=1S/C57H44N4/c1-58-55(40-22-8-3-9-23-40)61-56(59(61)38-39-20-6-2-7-21-39)41-34-36-44(37-35-41)60-50-33-19-17-31-48(50)52-51-47-30-16-18-32-49(47)57(42-24-10-4-11-25-42,43-26-12-5-13-27-43)53(51)45-28-14-15-29-46(45)54(52)60/h2-37,55-56,58H,38H2,1H3/t55?,56?,59-,61+/m1/s1. The zero-order chi connectivity index (χ0) is 40.5. The number of hydrazine groups is 1. The third kappa shape index (κ3) is 5.37. The van der Waals surface area contributed by atoms with Gasteiger partial charge in [-0.25, -0.2) is 5.01 Å². The van der Waals surface area contributed by atoms with E-state index in [9.17, 15) is 0 Å². The molecule has 0 saturated carbocycles. The Kier molecular flexibility index (Phi) is 8.39. The normalized spacial score (nSPS) is 18.0. The first-order valence-electron chi connectivity index (χ1n) is 21.4. The van der Waals surface area contributed by atoms with Crippen LogP contribution in [-0.4, -0.2) is 21.6 Å². The van der Waals surface area contributed by atoms with E-state index < -0.39 is 5.41 Å². The number of benzene rings is 9. The topological polar surface area (TPSA) is 23.0 Å². The molecule has 2 unspecified atom stereocenters. The second kappa shape index (κ2) is 14.3. The van der Waals surface area contributed by atoms with Gasteiger partial charge in [-0.1, -0.05) is 200 Å². The van der Waals surface area contributed by atoms with Crippen LogP contribution in [0, 0.1) is 0 Å². The van der Waals surface area contributed by atoms with E-state index in [0.717, 1.165) is 12.2 Å². The van der Waals surface area contributed by atoms with Crippen molar-refractivity contribution in [1.82, 2.24) is 19.9 Å². The lowest BCUT2D eigenvalue weighted by molar-refractivity contribution is 0.209. The van der Waals surface area contributed by atoms with Gasteiger partial charge in [0.2, 0.25) is 0 Å². The molecule has 1 aromatic heterocycles. The Morgan fingerprint density at radius 2 is 1.10 bits per heavy atom. The Bertz CT molecular complexity index is 3170. The van der Waals surface area contributed by atoms with Crippen molar-refractivity contribution in [2.24, 2.45) is 0 Å². The van der Waals surface area contributed by atoms with Crippen molar-refractivity contribution in [3.05, 3.63) is 257 Å². The molecule has 1 N–H and O–H groups in total. The number of hydrogen-bond donors (Lipinski definition) is 1. The Hall–Kier alpha value is -7.08. The predicted octanol–water partition coefficient (Wildman–Crippen LogP) is 12.9. The maximum Gasteiger partial charge on any atom is 0.117 e. The fourth-order valence-corrected chi connectivity index (χ4v) is 10.8. The molecule has 0 amide bonds. The summed E-state index contributed by atoms with van der Waals surface area (Å²) in [5.74, 6) is 0. The summed E-state index contributed by atoms with van der Waals surface area (Å²) in [6.07, 6.45) is 0.164. The summed E-state index contributed by atoms with van der Waals surface area (Å²) in [5, 5.41) is 13.7. The molecule has 292 valence electrons. The monoisotopic (exact) mass is 784 g/mol. The Balaban J connectivity index is 1.08. The predicted molar refractivity (Wildman–Crippen MR) is 250 cm³/mol. The van der Waals surface area contributed by atoms with Gasteiger partial charge in [0.1, 0.15) is 12.3 Å². The van der Waals surface area contributed by atoms with Crippen molar-refractivity contribution < 1.29 is 0 Å². The molecule has 4 heteroatoms. The van der Waals surface area contributed by atoms with Crippen molar-refractivity contribution in [3.8, 4) is 16.8 Å². The van der Waals surface area contributed by atoms with Crippen LogP contribution in [0.3, 0.4) is 0 Å². The lowest BCUT2D eigenvalue weighted by atomic mass is 9.66. The van der Waals surface area contributed by atoms with E-state index in [2.05, 4.69) is 245 Å². The smallest absolute Gasteiger partial charge is 0.117 e. The second-order valence-electron chi connectivity index (χ2n) is 16.4. The molecule has 0 radical (unpaired) electrons. The van der Waals surface area contributed by atoms with E-state index in [1.807, 2.05) is 0 Å². The second-order valence-corrected chi connectivity index (χ2v) is 16.4. The first-order valence-corrected chi connectivity index (χ1v) is 21.4. The number of aromatic nitrogens is 1. The molecule has 1 aliphatic carbocycles. The van der Waals surface area contributed by atoms with Crippen LogP contribution < -0.4 is 5.32 Å². The van der Waals surface area contributed by atoms with Crippen LogP contribution >= 0.6 is 0 Å². The highest BCUT2D eigenvalue weighted by Crippen LogP contribution is 2.61. The summed E-state index contributed by atoms with van der Waals surface area (Å²) < 4.78 is 2.53. The summed E-state index contributed by atoms with van der Waals surface area (Å²) in [7, 11) is 2.06. The first-order chi connectivity index (χ1) is 30.3. The van der Waals surface area contributed by atoms with Gasteiger partial charge in [0.05, 0.1) is 16.4 Å². The maximum absolute atomic E-state index is 3.62. The molecule has 12 rings (SSSR count). The average molecular weight is 785 g/mol. The maximum atomic E-state index is 3.62. The zero-order valence-corrected chi connectivity index (χ0v) is 34.0. The Morgan fingerprint density at radius 3 is 1.77 bits per heavy atom. The van der Waals surface area contributed by atoms with E-state index in [1.54, 1.807) is 0 Å². The largest absolute Gasteiger partial charge is 0.309 e. The van der Waals surface area contributed by atoms with E-state index in [1.165, 1.54) is 82.6 Å². The summed E-state index contributed by atoms with van der Waals surface area (Å²) in [4.78, 5) is 0. The molecule has 4 atom stereocenters. The van der Waals surface area contributed by atoms with Crippen LogP contribution in [0.4, 0.5) is 0 Å². The number of rotatable bonds is 9. The lowest BCUT2D eigenvalue weighted by Crippen LogP contribution is -2.28. The molecular weight excluding hydrogens is 741 g/mol. The van der Waals surface area contributed by atoms with Crippen molar-refractivity contribution in [2.45, 2.75) is 24.3 Å². The van der Waals surface area contributed by atoms with E-state index in [4.69, 9.17) is 0 Å². The van der Waals surface area contributed by atoms with Crippen molar-refractivity contribution >= 4 is 32.6 Å². The van der Waals surface area contributed by atoms with Crippen LogP contribution in [0.5, 0.6) is 0 Å². The summed E-state index contributed by atoms with van der Waals surface area (Å²) in [5.41, 5.74) is 14.8. The number of nitrogens with zero attached hydrogens (tertiary/aromatic N) is 3. The SMILES string of the molecule is CNC(c1ccccc1)[N@@]1C(c2ccc(-n3c4ccccc4c4c5c(c6ccccc6c43)C(c3ccccc3)(c3ccccc3)c3ccccc3-5)cc2)[N@@]1Cc1ccccc1. The minimum atomic E-state index is -0.514. The highest BCUT2D eigenvalue weighted by Gasteiger charge is 2.51. The summed E-state index contributed by atoms with van der Waals surface area (Å²) >= 11 is 0. The third-order valence-corrected chi connectivity index (χ3v) is 13.3. The molecule has 0 spiro atoms. The molecular formula is C57H44N4. The van der Waals surface area contributed by atoms with Gasteiger partial charge in [-0.3, -0.25) is 5.32 Å². The van der Waals surface area contributed by atoms with Gasteiger partial charge in [-0.2, -0.15) is 5.01 Å². The molecule has 0 bridgehead atoms. The van der Waals surface area contributed by atoms with Crippen LogP contribution in [0.1, 0.15) is 51.3 Å². The van der Waals surface area contributed by atoms with E-state index >= 15 is 0 Å². The summed E-state index contributed by atoms with van der Waals surface area (Å²) in [6.45, 7) is 0.831. The molecule has 61 heavy (non-hydrogen) atoms. The van der Waals surface area contributed by atoms with Gasteiger partial charge >= 0.3 is 0 Å². The number of nitrogens with one attached hydrogen (secondary N) is 1. The lowest BCUT2D eigenvalue weighted by Gasteiger charge is -2.34. The molecule has 1 fully saturated rings. The van der Waals surface area contributed by atoms with Crippen molar-refractivity contribution in [3.63, 3.8) is 0 Å². The van der Waals surface area contributed by atoms with Gasteiger partial charge in [0.15, 0.2) is 0 Å². The van der Waals surface area contributed by atoms with Gasteiger partial charge in [0.25, 0.3) is 0 Å². The van der Waals surface area contributed by atoms with Crippen LogP contribution in [0.15, 0.2) is 218 Å². The highest BCUT2D eigenvalue weighted by atomic mass is 15.9. The van der Waals surface area contributed by atoms with Crippen molar-refractivity contribution in [2.75, 3.05) is 7.05 Å². The number of fused-ring (bicyclic) bond motifs is 10. The average Bonchev–Trinajstić information content (AvgIpc) is 3.77. The number of hydrogen-bond acceptors (Lipinski definition) is 3. The summed E-state index contributed by atoms with van der Waals surface area (Å²) in [6, 6.07) is 80.6.